The topological polar surface area (TPSA) is 70.5 Å². The number of carboxylic acids is 1. The summed E-state index contributed by atoms with van der Waals surface area (Å²) in [6.45, 7) is 0.405. The molecule has 2 aliphatic rings. The van der Waals surface area contributed by atoms with E-state index in [4.69, 9.17) is 11.6 Å². The molecule has 2 heterocycles. The van der Waals surface area contributed by atoms with Crippen LogP contribution < -0.4 is 4.90 Å². The van der Waals surface area contributed by atoms with Gasteiger partial charge in [0.25, 0.3) is 0 Å². The van der Waals surface area contributed by atoms with Gasteiger partial charge in [0, 0.05) is 22.5 Å². The number of allylic oxidation sites excluding steroid dienone is 1. The van der Waals surface area contributed by atoms with Crippen molar-refractivity contribution in [3.05, 3.63) is 46.8 Å². The maximum Gasteiger partial charge on any atom is 0.304 e. The molecule has 2 aromatic rings. The van der Waals surface area contributed by atoms with Gasteiger partial charge in [-0.3, -0.25) is 14.5 Å². The minimum atomic E-state index is -0.920. The second-order valence-corrected chi connectivity index (χ2v) is 9.31. The number of halogens is 1. The molecule has 0 bridgehead atoms. The van der Waals surface area contributed by atoms with E-state index in [0.29, 0.717) is 22.6 Å². The fourth-order valence-corrected chi connectivity index (χ4v) is 5.83. The molecule has 0 spiro atoms. The van der Waals surface area contributed by atoms with Gasteiger partial charge in [0.1, 0.15) is 0 Å². The van der Waals surface area contributed by atoms with E-state index in [0.717, 1.165) is 43.4 Å². The molecule has 1 fully saturated rings. The largest absolute Gasteiger partial charge is 0.481 e. The predicted molar refractivity (Wildman–Crippen MR) is 120 cm³/mol. The maximum absolute atomic E-state index is 13.6. The molecule has 1 saturated carbocycles. The highest BCUT2D eigenvalue weighted by Crippen LogP contribution is 2.41. The van der Waals surface area contributed by atoms with Gasteiger partial charge in [-0.1, -0.05) is 67.6 Å². The smallest absolute Gasteiger partial charge is 0.304 e. The van der Waals surface area contributed by atoms with Crippen LogP contribution in [0.4, 0.5) is 5.13 Å². The second kappa shape index (κ2) is 9.31. The Morgan fingerprint density at radius 1 is 1.23 bits per heavy atom. The van der Waals surface area contributed by atoms with E-state index in [2.05, 4.69) is 11.1 Å². The van der Waals surface area contributed by atoms with E-state index in [1.807, 2.05) is 35.7 Å². The quantitative estimate of drug-likeness (QED) is 0.604. The first-order valence-corrected chi connectivity index (χ1v) is 11.7. The van der Waals surface area contributed by atoms with Gasteiger partial charge in [-0.2, -0.15) is 0 Å². The van der Waals surface area contributed by atoms with Crippen LogP contribution >= 0.6 is 22.9 Å². The van der Waals surface area contributed by atoms with E-state index < -0.39 is 11.9 Å². The summed E-state index contributed by atoms with van der Waals surface area (Å²) in [7, 11) is 0. The lowest BCUT2D eigenvalue weighted by atomic mass is 9.75. The van der Waals surface area contributed by atoms with Gasteiger partial charge in [0.05, 0.1) is 18.0 Å². The number of carbonyl (C=O) groups is 2. The highest BCUT2D eigenvalue weighted by atomic mass is 35.5. The van der Waals surface area contributed by atoms with Gasteiger partial charge < -0.3 is 5.11 Å². The summed E-state index contributed by atoms with van der Waals surface area (Å²) in [4.78, 5) is 31.5. The minimum Gasteiger partial charge on any atom is -0.481 e. The van der Waals surface area contributed by atoms with Crippen molar-refractivity contribution in [3.8, 4) is 11.3 Å². The number of benzene rings is 1. The van der Waals surface area contributed by atoms with Crippen molar-refractivity contribution >= 4 is 39.9 Å². The Bertz CT molecular complexity index is 951. The minimum absolute atomic E-state index is 0.0677. The third-order valence-corrected chi connectivity index (χ3v) is 7.43. The number of anilines is 1. The summed E-state index contributed by atoms with van der Waals surface area (Å²) in [6, 6.07) is 7.49. The zero-order valence-electron chi connectivity index (χ0n) is 16.7. The first-order chi connectivity index (χ1) is 14.5. The molecule has 7 heteroatoms. The summed E-state index contributed by atoms with van der Waals surface area (Å²) in [5.41, 5.74) is 1.55. The summed E-state index contributed by atoms with van der Waals surface area (Å²) >= 11 is 7.70. The number of thiazole rings is 1. The summed E-state index contributed by atoms with van der Waals surface area (Å²) in [5.74, 6) is -1.09. The molecule has 1 amide bonds. The van der Waals surface area contributed by atoms with E-state index >= 15 is 0 Å². The average Bonchev–Trinajstić information content (AvgIpc) is 3.40. The van der Waals surface area contributed by atoms with Crippen LogP contribution in [-0.2, 0) is 9.59 Å². The van der Waals surface area contributed by atoms with E-state index in [1.54, 1.807) is 4.90 Å². The summed E-state index contributed by atoms with van der Waals surface area (Å²) in [5, 5.41) is 12.6. The molecule has 4 rings (SSSR count). The Labute approximate surface area is 185 Å². The summed E-state index contributed by atoms with van der Waals surface area (Å²) in [6.07, 6.45) is 9.24. The lowest BCUT2D eigenvalue weighted by molar-refractivity contribution is -0.142. The van der Waals surface area contributed by atoms with Crippen molar-refractivity contribution in [1.82, 2.24) is 4.98 Å². The normalized spacial score (nSPS) is 22.8. The molecule has 0 radical (unpaired) electrons. The Morgan fingerprint density at radius 3 is 2.73 bits per heavy atom. The molecular weight excluding hydrogens is 420 g/mol. The van der Waals surface area contributed by atoms with Gasteiger partial charge in [-0.05, 0) is 24.3 Å². The number of hydrogen-bond donors (Lipinski definition) is 1. The number of rotatable bonds is 5. The lowest BCUT2D eigenvalue weighted by Crippen LogP contribution is -2.43. The van der Waals surface area contributed by atoms with E-state index in [1.165, 1.54) is 11.3 Å². The van der Waals surface area contributed by atoms with Crippen molar-refractivity contribution in [2.45, 2.75) is 38.5 Å². The van der Waals surface area contributed by atoms with Crippen molar-refractivity contribution < 1.29 is 14.7 Å². The molecule has 1 aromatic carbocycles. The summed E-state index contributed by atoms with van der Waals surface area (Å²) < 4.78 is 0. The molecule has 5 nitrogen and oxygen atoms in total. The molecule has 2 atom stereocenters. The predicted octanol–water partition coefficient (Wildman–Crippen LogP) is 5.65. The van der Waals surface area contributed by atoms with Crippen molar-refractivity contribution in [2.75, 3.05) is 11.4 Å². The van der Waals surface area contributed by atoms with Crippen LogP contribution in [0.3, 0.4) is 0 Å². The SMILES string of the molecule is O=C(O)C[C@@H]1C(=O)N(c2nc(-c3ccccc3Cl)cs2)CC=CC[C@@H]1C1CCCC1. The fourth-order valence-electron chi connectivity index (χ4n) is 4.76. The highest BCUT2D eigenvalue weighted by Gasteiger charge is 2.39. The van der Waals surface area contributed by atoms with Crippen LogP contribution in [0.25, 0.3) is 11.3 Å². The molecule has 30 heavy (non-hydrogen) atoms. The van der Waals surface area contributed by atoms with Crippen molar-refractivity contribution in [2.24, 2.45) is 17.8 Å². The molecular formula is C23H25ClN2O3S. The number of nitrogens with zero attached hydrogens (tertiary/aromatic N) is 2. The van der Waals surface area contributed by atoms with Crippen molar-refractivity contribution in [3.63, 3.8) is 0 Å². The van der Waals surface area contributed by atoms with Crippen LogP contribution in [0.1, 0.15) is 38.5 Å². The monoisotopic (exact) mass is 444 g/mol. The van der Waals surface area contributed by atoms with Gasteiger partial charge in [-0.15, -0.1) is 11.3 Å². The first-order valence-electron chi connectivity index (χ1n) is 10.4. The Hall–Kier alpha value is -2.18. The number of amides is 1. The van der Waals surface area contributed by atoms with Crippen LogP contribution in [0.2, 0.25) is 5.02 Å². The second-order valence-electron chi connectivity index (χ2n) is 8.06. The average molecular weight is 445 g/mol. The van der Waals surface area contributed by atoms with Crippen molar-refractivity contribution in [1.29, 1.82) is 0 Å². The van der Waals surface area contributed by atoms with Gasteiger partial charge >= 0.3 is 5.97 Å². The number of carboxylic acid groups (broad SMARTS) is 1. The molecule has 158 valence electrons. The zero-order valence-corrected chi connectivity index (χ0v) is 18.2. The van der Waals surface area contributed by atoms with E-state index in [9.17, 15) is 14.7 Å². The zero-order chi connectivity index (χ0) is 21.1. The third-order valence-electron chi connectivity index (χ3n) is 6.24. The lowest BCUT2D eigenvalue weighted by Gasteiger charge is -2.34. The molecule has 1 aromatic heterocycles. The Balaban J connectivity index is 1.65. The molecule has 1 aliphatic carbocycles. The molecule has 0 saturated heterocycles. The Morgan fingerprint density at radius 2 is 2.00 bits per heavy atom. The van der Waals surface area contributed by atoms with Gasteiger partial charge in [0.2, 0.25) is 5.91 Å². The molecule has 1 N–H and O–H groups in total. The Kier molecular flexibility index (Phi) is 6.54. The van der Waals surface area contributed by atoms with E-state index in [-0.39, 0.29) is 18.2 Å². The van der Waals surface area contributed by atoms with Gasteiger partial charge in [-0.25, -0.2) is 4.98 Å². The standard InChI is InChI=1S/C23H25ClN2O3S/c24-19-11-4-3-10-17(19)20-14-30-23(25-20)26-12-6-5-9-16(15-7-1-2-8-15)18(22(26)29)13-21(27)28/h3-6,10-11,14-16,18H,1-2,7-9,12-13H2,(H,27,28)/t16-,18+/m1/s1. The fraction of sp³-hybridized carbons (Fsp3) is 0.435. The van der Waals surface area contributed by atoms with Crippen LogP contribution in [0.15, 0.2) is 41.8 Å². The number of hydrogen-bond acceptors (Lipinski definition) is 4. The third kappa shape index (κ3) is 4.44. The number of carbonyl (C=O) groups excluding carboxylic acids is 1. The molecule has 0 unspecified atom stereocenters. The molecule has 1 aliphatic heterocycles. The number of aromatic nitrogens is 1. The highest BCUT2D eigenvalue weighted by molar-refractivity contribution is 7.14. The van der Waals surface area contributed by atoms with Crippen LogP contribution in [-0.4, -0.2) is 28.5 Å². The van der Waals surface area contributed by atoms with Crippen LogP contribution in [0, 0.1) is 17.8 Å². The maximum atomic E-state index is 13.6. The first kappa shape index (κ1) is 21.1. The number of aliphatic carboxylic acids is 1. The van der Waals surface area contributed by atoms with Crippen LogP contribution in [0.5, 0.6) is 0 Å². The van der Waals surface area contributed by atoms with Gasteiger partial charge in [0.15, 0.2) is 5.13 Å².